The second-order valence-electron chi connectivity index (χ2n) is 3.69. The van der Waals surface area contributed by atoms with E-state index in [9.17, 15) is 0 Å². The van der Waals surface area contributed by atoms with Gasteiger partial charge in [0, 0.05) is 13.2 Å². The van der Waals surface area contributed by atoms with Crippen molar-refractivity contribution in [3.63, 3.8) is 0 Å². The van der Waals surface area contributed by atoms with E-state index >= 15 is 0 Å². The molecule has 0 aliphatic rings. The van der Waals surface area contributed by atoms with E-state index < -0.39 is 0 Å². The Balaban J connectivity index is 2.10. The molecule has 0 fully saturated rings. The van der Waals surface area contributed by atoms with Gasteiger partial charge in [0.15, 0.2) is 0 Å². The van der Waals surface area contributed by atoms with Crippen LogP contribution in [0.15, 0.2) is 42.7 Å². The zero-order chi connectivity index (χ0) is 12.1. The molecule has 0 bridgehead atoms. The first-order chi connectivity index (χ1) is 8.29. The van der Waals surface area contributed by atoms with Crippen LogP contribution in [0.1, 0.15) is 11.4 Å². The Morgan fingerprint density at radius 2 is 2.12 bits per heavy atom. The monoisotopic (exact) mass is 224 g/mol. The summed E-state index contributed by atoms with van der Waals surface area (Å²) in [5.74, 6) is 0. The highest BCUT2D eigenvalue weighted by Crippen LogP contribution is 2.13. The van der Waals surface area contributed by atoms with Gasteiger partial charge >= 0.3 is 0 Å². The zero-order valence-electron chi connectivity index (χ0n) is 9.54. The first-order valence-electron chi connectivity index (χ1n) is 5.27. The molecular formula is C13H12N4. The standard InChI is InChI=1S/C13H12N4/c1-17(10-12-4-2-3-7-15-12)13-6-5-11(8-14)16-9-13/h2-7,9H,10H2,1H3. The van der Waals surface area contributed by atoms with Gasteiger partial charge in [-0.3, -0.25) is 4.98 Å². The number of nitriles is 1. The lowest BCUT2D eigenvalue weighted by Gasteiger charge is -2.18. The van der Waals surface area contributed by atoms with Gasteiger partial charge in [-0.2, -0.15) is 5.26 Å². The van der Waals surface area contributed by atoms with Gasteiger partial charge < -0.3 is 4.90 Å². The first-order valence-corrected chi connectivity index (χ1v) is 5.27. The van der Waals surface area contributed by atoms with Crippen LogP contribution in [-0.2, 0) is 6.54 Å². The van der Waals surface area contributed by atoms with E-state index in [2.05, 4.69) is 9.97 Å². The third-order valence-electron chi connectivity index (χ3n) is 2.43. The number of hydrogen-bond donors (Lipinski definition) is 0. The molecule has 0 saturated carbocycles. The quantitative estimate of drug-likeness (QED) is 0.800. The molecule has 0 N–H and O–H groups in total. The maximum Gasteiger partial charge on any atom is 0.140 e. The van der Waals surface area contributed by atoms with E-state index in [1.807, 2.05) is 42.3 Å². The highest BCUT2D eigenvalue weighted by atomic mass is 15.1. The van der Waals surface area contributed by atoms with Crippen LogP contribution < -0.4 is 4.90 Å². The Morgan fingerprint density at radius 1 is 1.24 bits per heavy atom. The Morgan fingerprint density at radius 3 is 2.71 bits per heavy atom. The number of rotatable bonds is 3. The number of anilines is 1. The van der Waals surface area contributed by atoms with Crippen LogP contribution in [0.3, 0.4) is 0 Å². The van der Waals surface area contributed by atoms with E-state index in [1.54, 1.807) is 18.5 Å². The number of aromatic nitrogens is 2. The third kappa shape index (κ3) is 2.79. The maximum absolute atomic E-state index is 8.67. The van der Waals surface area contributed by atoms with Crippen molar-refractivity contribution in [2.75, 3.05) is 11.9 Å². The molecule has 4 heteroatoms. The summed E-state index contributed by atoms with van der Waals surface area (Å²) in [7, 11) is 1.97. The average Bonchev–Trinajstić information content (AvgIpc) is 2.40. The summed E-state index contributed by atoms with van der Waals surface area (Å²) in [6, 6.07) is 11.4. The van der Waals surface area contributed by atoms with Crippen LogP contribution >= 0.6 is 0 Å². The highest BCUT2D eigenvalue weighted by molar-refractivity contribution is 5.45. The van der Waals surface area contributed by atoms with E-state index in [-0.39, 0.29) is 0 Å². The van der Waals surface area contributed by atoms with Crippen molar-refractivity contribution in [1.29, 1.82) is 5.26 Å². The normalized spacial score (nSPS) is 9.65. The number of nitrogens with zero attached hydrogens (tertiary/aromatic N) is 4. The number of hydrogen-bond acceptors (Lipinski definition) is 4. The van der Waals surface area contributed by atoms with Gasteiger partial charge in [0.25, 0.3) is 0 Å². The second kappa shape index (κ2) is 5.08. The van der Waals surface area contributed by atoms with Crippen molar-refractivity contribution in [3.05, 3.63) is 54.1 Å². The fourth-order valence-electron chi connectivity index (χ4n) is 1.50. The Hall–Kier alpha value is -2.41. The molecule has 2 aromatic heterocycles. The summed E-state index contributed by atoms with van der Waals surface area (Å²) in [4.78, 5) is 10.3. The van der Waals surface area contributed by atoms with Crippen LogP contribution in [0.4, 0.5) is 5.69 Å². The number of pyridine rings is 2. The van der Waals surface area contributed by atoms with Crippen LogP contribution in [0.25, 0.3) is 0 Å². The molecule has 4 nitrogen and oxygen atoms in total. The van der Waals surface area contributed by atoms with Crippen LogP contribution in [0.5, 0.6) is 0 Å². The SMILES string of the molecule is CN(Cc1ccccn1)c1ccc(C#N)nc1. The Bertz CT molecular complexity index is 513. The maximum atomic E-state index is 8.67. The van der Waals surface area contributed by atoms with Gasteiger partial charge in [-0.05, 0) is 24.3 Å². The fraction of sp³-hybridized carbons (Fsp3) is 0.154. The molecule has 2 heterocycles. The van der Waals surface area contributed by atoms with E-state index in [0.29, 0.717) is 12.2 Å². The summed E-state index contributed by atoms with van der Waals surface area (Å²) in [5.41, 5.74) is 2.40. The molecule has 0 unspecified atom stereocenters. The molecule has 0 amide bonds. The van der Waals surface area contributed by atoms with Gasteiger partial charge in [-0.1, -0.05) is 6.07 Å². The smallest absolute Gasteiger partial charge is 0.140 e. The largest absolute Gasteiger partial charge is 0.367 e. The minimum Gasteiger partial charge on any atom is -0.367 e. The summed E-state index contributed by atoms with van der Waals surface area (Å²) in [5, 5.41) is 8.67. The molecule has 0 aliphatic heterocycles. The lowest BCUT2D eigenvalue weighted by molar-refractivity contribution is 0.881. The van der Waals surface area contributed by atoms with Crippen molar-refractivity contribution in [2.45, 2.75) is 6.54 Å². The first kappa shape index (κ1) is 11.1. The van der Waals surface area contributed by atoms with Gasteiger partial charge in [0.05, 0.1) is 24.1 Å². The molecule has 0 saturated heterocycles. The van der Waals surface area contributed by atoms with Gasteiger partial charge in [-0.25, -0.2) is 4.98 Å². The molecule has 0 aromatic carbocycles. The van der Waals surface area contributed by atoms with Crippen molar-refractivity contribution in [2.24, 2.45) is 0 Å². The molecule has 0 spiro atoms. The van der Waals surface area contributed by atoms with Gasteiger partial charge in [0.1, 0.15) is 11.8 Å². The predicted octanol–water partition coefficient (Wildman–Crippen LogP) is 1.98. The summed E-state index contributed by atoms with van der Waals surface area (Å²) in [6.07, 6.45) is 3.47. The summed E-state index contributed by atoms with van der Waals surface area (Å²) < 4.78 is 0. The van der Waals surface area contributed by atoms with E-state index in [1.165, 1.54) is 0 Å². The molecular weight excluding hydrogens is 212 g/mol. The van der Waals surface area contributed by atoms with Crippen molar-refractivity contribution < 1.29 is 0 Å². The minimum atomic E-state index is 0.431. The van der Waals surface area contributed by atoms with Crippen molar-refractivity contribution in [3.8, 4) is 6.07 Å². The average molecular weight is 224 g/mol. The molecule has 2 rings (SSSR count). The third-order valence-corrected chi connectivity index (χ3v) is 2.43. The highest BCUT2D eigenvalue weighted by Gasteiger charge is 2.03. The minimum absolute atomic E-state index is 0.431. The topological polar surface area (TPSA) is 52.8 Å². The summed E-state index contributed by atoms with van der Waals surface area (Å²) in [6.45, 7) is 0.717. The Kier molecular flexibility index (Phi) is 3.31. The van der Waals surface area contributed by atoms with Gasteiger partial charge in [-0.15, -0.1) is 0 Å². The molecule has 0 aliphatic carbocycles. The van der Waals surface area contributed by atoms with Crippen molar-refractivity contribution >= 4 is 5.69 Å². The predicted molar refractivity (Wildman–Crippen MR) is 65.3 cm³/mol. The van der Waals surface area contributed by atoms with E-state index in [0.717, 1.165) is 11.4 Å². The van der Waals surface area contributed by atoms with Crippen LogP contribution in [-0.4, -0.2) is 17.0 Å². The summed E-state index contributed by atoms with van der Waals surface area (Å²) >= 11 is 0. The lowest BCUT2D eigenvalue weighted by Crippen LogP contribution is -2.17. The zero-order valence-corrected chi connectivity index (χ0v) is 9.54. The molecule has 84 valence electrons. The molecule has 17 heavy (non-hydrogen) atoms. The molecule has 0 atom stereocenters. The Labute approximate surface area is 100 Å². The lowest BCUT2D eigenvalue weighted by atomic mass is 10.3. The molecule has 2 aromatic rings. The van der Waals surface area contributed by atoms with E-state index in [4.69, 9.17) is 5.26 Å². The second-order valence-corrected chi connectivity index (χ2v) is 3.69. The fourth-order valence-corrected chi connectivity index (χ4v) is 1.50. The van der Waals surface area contributed by atoms with Gasteiger partial charge in [0.2, 0.25) is 0 Å². The van der Waals surface area contributed by atoms with Crippen molar-refractivity contribution in [1.82, 2.24) is 9.97 Å². The van der Waals surface area contributed by atoms with Crippen LogP contribution in [0.2, 0.25) is 0 Å². The van der Waals surface area contributed by atoms with Crippen LogP contribution in [0, 0.1) is 11.3 Å². The molecule has 0 radical (unpaired) electrons.